The van der Waals surface area contributed by atoms with Crippen LogP contribution in [0.4, 0.5) is 11.6 Å². The molecule has 1 saturated carbocycles. The molecule has 4 rings (SSSR count). The summed E-state index contributed by atoms with van der Waals surface area (Å²) in [5.41, 5.74) is 0.865. The zero-order valence-corrected chi connectivity index (χ0v) is 18.9. The summed E-state index contributed by atoms with van der Waals surface area (Å²) < 4.78 is 2.28. The molecule has 2 heterocycles. The molecule has 1 aliphatic heterocycles. The summed E-state index contributed by atoms with van der Waals surface area (Å²) in [4.78, 5) is 16.3. The molecule has 8 heteroatoms. The lowest BCUT2D eigenvalue weighted by molar-refractivity contribution is -0.115. The second-order valence-electron chi connectivity index (χ2n) is 8.00. The minimum Gasteiger partial charge on any atom is -0.341 e. The first-order valence-electron chi connectivity index (χ1n) is 10.4. The van der Waals surface area contributed by atoms with Gasteiger partial charge in [0.2, 0.25) is 11.9 Å². The van der Waals surface area contributed by atoms with E-state index < -0.39 is 0 Å². The Morgan fingerprint density at radius 1 is 1.17 bits per heavy atom. The van der Waals surface area contributed by atoms with Crippen LogP contribution in [-0.4, -0.2) is 45.3 Å². The Morgan fingerprint density at radius 2 is 1.90 bits per heavy atom. The molecule has 1 aromatic heterocycles. The van der Waals surface area contributed by atoms with E-state index in [0.717, 1.165) is 40.7 Å². The van der Waals surface area contributed by atoms with E-state index in [0.29, 0.717) is 6.04 Å². The number of anilines is 2. The Morgan fingerprint density at radius 3 is 2.59 bits per heavy atom. The maximum Gasteiger partial charge on any atom is 0.237 e. The van der Waals surface area contributed by atoms with Gasteiger partial charge < -0.3 is 10.2 Å². The molecule has 1 aliphatic carbocycles. The van der Waals surface area contributed by atoms with Crippen LogP contribution in [0.5, 0.6) is 0 Å². The molecule has 6 nitrogen and oxygen atoms in total. The molecule has 2 aliphatic rings. The van der Waals surface area contributed by atoms with Gasteiger partial charge in [0, 0.05) is 24.0 Å². The van der Waals surface area contributed by atoms with E-state index in [-0.39, 0.29) is 11.2 Å². The van der Waals surface area contributed by atoms with Crippen molar-refractivity contribution in [2.75, 3.05) is 29.6 Å². The summed E-state index contributed by atoms with van der Waals surface area (Å²) >= 11 is 3.14. The Bertz CT molecular complexity index is 859. The number of aromatic nitrogens is 3. The molecule has 29 heavy (non-hydrogen) atoms. The van der Waals surface area contributed by atoms with Crippen molar-refractivity contribution >= 4 is 41.1 Å². The molecule has 156 valence electrons. The van der Waals surface area contributed by atoms with E-state index in [2.05, 4.69) is 31.9 Å². The highest BCUT2D eigenvalue weighted by molar-refractivity contribution is 8.00. The molecule has 1 N–H and O–H groups in total. The van der Waals surface area contributed by atoms with Crippen LogP contribution >= 0.6 is 23.5 Å². The fourth-order valence-electron chi connectivity index (χ4n) is 3.62. The average molecular weight is 432 g/mol. The summed E-state index contributed by atoms with van der Waals surface area (Å²) in [7, 11) is 0. The summed E-state index contributed by atoms with van der Waals surface area (Å²) in [5, 5.41) is 12.7. The number of nitrogens with zero attached hydrogens (tertiary/aromatic N) is 4. The minimum absolute atomic E-state index is 0.00445. The molecule has 0 bridgehead atoms. The fraction of sp³-hybridized carbons (Fsp3) is 0.571. The summed E-state index contributed by atoms with van der Waals surface area (Å²) in [6.45, 7) is 6.34. The molecular formula is C21H29N5OS2. The van der Waals surface area contributed by atoms with Crippen molar-refractivity contribution in [2.45, 2.75) is 60.9 Å². The van der Waals surface area contributed by atoms with Crippen LogP contribution in [0, 0.1) is 5.92 Å². The molecule has 1 amide bonds. The van der Waals surface area contributed by atoms with Crippen molar-refractivity contribution in [1.82, 2.24) is 14.8 Å². The number of hydrogen-bond acceptors (Lipinski definition) is 6. The number of piperidine rings is 1. The van der Waals surface area contributed by atoms with Crippen LogP contribution in [0.1, 0.15) is 45.6 Å². The number of rotatable bonds is 7. The number of amides is 1. The highest BCUT2D eigenvalue weighted by atomic mass is 32.2. The fourth-order valence-corrected chi connectivity index (χ4v) is 5.09. The minimum atomic E-state index is -0.249. The third-order valence-corrected chi connectivity index (χ3v) is 7.49. The Labute approximate surface area is 181 Å². The number of para-hydroxylation sites is 1. The van der Waals surface area contributed by atoms with Crippen LogP contribution in [0.15, 0.2) is 34.3 Å². The van der Waals surface area contributed by atoms with E-state index in [4.69, 9.17) is 0 Å². The first-order chi connectivity index (χ1) is 14.1. The maximum absolute atomic E-state index is 12.8. The molecule has 0 radical (unpaired) electrons. The van der Waals surface area contributed by atoms with Gasteiger partial charge in [-0.05, 0) is 56.9 Å². The van der Waals surface area contributed by atoms with Gasteiger partial charge >= 0.3 is 0 Å². The van der Waals surface area contributed by atoms with Crippen LogP contribution in [0.2, 0.25) is 0 Å². The third kappa shape index (κ3) is 4.74. The monoisotopic (exact) mass is 431 g/mol. The zero-order chi connectivity index (χ0) is 20.4. The van der Waals surface area contributed by atoms with Crippen molar-refractivity contribution in [1.29, 1.82) is 0 Å². The maximum atomic E-state index is 12.8. The summed E-state index contributed by atoms with van der Waals surface area (Å²) in [6, 6.07) is 8.38. The van der Waals surface area contributed by atoms with Gasteiger partial charge in [-0.1, -0.05) is 30.8 Å². The van der Waals surface area contributed by atoms with Crippen molar-refractivity contribution in [3.05, 3.63) is 24.3 Å². The number of nitrogens with one attached hydrogen (secondary N) is 1. The van der Waals surface area contributed by atoms with Crippen LogP contribution in [-0.2, 0) is 4.79 Å². The Hall–Kier alpha value is -1.67. The Kier molecular flexibility index (Phi) is 6.39. The number of thioether (sulfide) groups is 2. The number of hydrogen-bond donors (Lipinski definition) is 1. The van der Waals surface area contributed by atoms with E-state index in [9.17, 15) is 4.79 Å². The van der Waals surface area contributed by atoms with Crippen LogP contribution in [0.3, 0.4) is 0 Å². The molecule has 1 saturated heterocycles. The van der Waals surface area contributed by atoms with Gasteiger partial charge in [0.15, 0.2) is 5.16 Å². The number of carbonyl (C=O) groups excluding carboxylic acids is 1. The van der Waals surface area contributed by atoms with Gasteiger partial charge in [-0.2, -0.15) is 0 Å². The lowest BCUT2D eigenvalue weighted by Crippen LogP contribution is -2.34. The van der Waals surface area contributed by atoms with Gasteiger partial charge in [-0.25, -0.2) is 0 Å². The van der Waals surface area contributed by atoms with Gasteiger partial charge in [0.1, 0.15) is 0 Å². The molecular weight excluding hydrogens is 402 g/mol. The SMILES string of the molecule is CSc1ccccc1NC(=O)C(C)Sc1nnc(N2CCC(C)CC2)n1C1CC1. The molecule has 2 aromatic rings. The third-order valence-electron chi connectivity index (χ3n) is 5.64. The summed E-state index contributed by atoms with van der Waals surface area (Å²) in [6.07, 6.45) is 6.76. The van der Waals surface area contributed by atoms with Crippen LogP contribution < -0.4 is 10.2 Å². The second-order valence-corrected chi connectivity index (χ2v) is 10.2. The highest BCUT2D eigenvalue weighted by Gasteiger charge is 2.33. The lowest BCUT2D eigenvalue weighted by atomic mass is 10.00. The first kappa shape index (κ1) is 20.6. The number of benzene rings is 1. The average Bonchev–Trinajstić information content (AvgIpc) is 3.49. The van der Waals surface area contributed by atoms with Gasteiger partial charge in [-0.15, -0.1) is 22.0 Å². The molecule has 1 aromatic carbocycles. The zero-order valence-electron chi connectivity index (χ0n) is 17.3. The van der Waals surface area contributed by atoms with Gasteiger partial charge in [-0.3, -0.25) is 9.36 Å². The summed E-state index contributed by atoms with van der Waals surface area (Å²) in [5.74, 6) is 1.77. The van der Waals surface area contributed by atoms with Gasteiger partial charge in [0.25, 0.3) is 0 Å². The highest BCUT2D eigenvalue weighted by Crippen LogP contribution is 2.42. The number of carbonyl (C=O) groups is 1. The largest absolute Gasteiger partial charge is 0.341 e. The normalized spacial score (nSPS) is 18.7. The standard InChI is InChI=1S/C21H29N5OS2/c1-14-10-12-25(13-11-14)20-23-24-21(26(20)16-8-9-16)29-15(2)19(27)22-17-6-4-5-7-18(17)28-3/h4-7,14-16H,8-13H2,1-3H3,(H,22,27). The van der Waals surface area contributed by atoms with E-state index in [1.54, 1.807) is 11.8 Å². The van der Waals surface area contributed by atoms with E-state index in [1.165, 1.54) is 37.4 Å². The molecule has 1 unspecified atom stereocenters. The van der Waals surface area contributed by atoms with Crippen molar-refractivity contribution in [2.24, 2.45) is 5.92 Å². The second kappa shape index (κ2) is 9.00. The lowest BCUT2D eigenvalue weighted by Gasteiger charge is -2.31. The van der Waals surface area contributed by atoms with Crippen molar-refractivity contribution in [3.63, 3.8) is 0 Å². The predicted octanol–water partition coefficient (Wildman–Crippen LogP) is 4.69. The van der Waals surface area contributed by atoms with E-state index in [1.807, 2.05) is 37.4 Å². The topological polar surface area (TPSA) is 63.1 Å². The Balaban J connectivity index is 1.46. The first-order valence-corrected chi connectivity index (χ1v) is 12.5. The quantitative estimate of drug-likeness (QED) is 0.642. The van der Waals surface area contributed by atoms with Gasteiger partial charge in [0.05, 0.1) is 10.9 Å². The van der Waals surface area contributed by atoms with Crippen molar-refractivity contribution in [3.8, 4) is 0 Å². The molecule has 0 spiro atoms. The van der Waals surface area contributed by atoms with Crippen LogP contribution in [0.25, 0.3) is 0 Å². The van der Waals surface area contributed by atoms with Crippen molar-refractivity contribution < 1.29 is 4.79 Å². The molecule has 2 fully saturated rings. The smallest absolute Gasteiger partial charge is 0.237 e. The van der Waals surface area contributed by atoms with E-state index >= 15 is 0 Å². The molecule has 1 atom stereocenters. The predicted molar refractivity (Wildman–Crippen MR) is 121 cm³/mol.